The lowest BCUT2D eigenvalue weighted by Crippen LogP contribution is -2.48. The van der Waals surface area contributed by atoms with Crippen molar-refractivity contribution in [2.45, 2.75) is 31.5 Å². The van der Waals surface area contributed by atoms with Crippen LogP contribution in [0.15, 0.2) is 72.8 Å². The SMILES string of the molecule is NONCCCCc1ccc(OCCN2CCN([C@H](c3ccccc3)c3ccc(Cl)cc3)CC2)c(C(F)(F)F)c1. The monoisotopic (exact) mass is 576 g/mol. The highest BCUT2D eigenvalue weighted by molar-refractivity contribution is 6.30. The Labute approximate surface area is 238 Å². The lowest BCUT2D eigenvalue weighted by molar-refractivity contribution is -0.139. The molecular weight excluding hydrogens is 541 g/mol. The minimum atomic E-state index is -4.49. The summed E-state index contributed by atoms with van der Waals surface area (Å²) in [6, 6.07) is 22.8. The fourth-order valence-electron chi connectivity index (χ4n) is 5.09. The van der Waals surface area contributed by atoms with Crippen LogP contribution in [-0.4, -0.2) is 55.7 Å². The van der Waals surface area contributed by atoms with Crippen molar-refractivity contribution in [3.63, 3.8) is 0 Å². The zero-order valence-electron chi connectivity index (χ0n) is 22.4. The van der Waals surface area contributed by atoms with Gasteiger partial charge in [-0.1, -0.05) is 60.1 Å². The number of nitrogens with two attached hydrogens (primary N) is 1. The van der Waals surface area contributed by atoms with Gasteiger partial charge in [-0.3, -0.25) is 9.80 Å². The highest BCUT2D eigenvalue weighted by atomic mass is 35.5. The van der Waals surface area contributed by atoms with Crippen molar-refractivity contribution in [3.05, 3.63) is 100 Å². The van der Waals surface area contributed by atoms with E-state index in [1.807, 2.05) is 30.3 Å². The first-order valence-electron chi connectivity index (χ1n) is 13.5. The molecule has 0 radical (unpaired) electrons. The Balaban J connectivity index is 1.31. The number of alkyl halides is 3. The maximum Gasteiger partial charge on any atom is 0.419 e. The Morgan fingerprint density at radius 2 is 1.60 bits per heavy atom. The van der Waals surface area contributed by atoms with Gasteiger partial charge < -0.3 is 4.74 Å². The second-order valence-electron chi connectivity index (χ2n) is 9.89. The van der Waals surface area contributed by atoms with Crippen molar-refractivity contribution in [1.82, 2.24) is 15.3 Å². The Morgan fingerprint density at radius 1 is 0.900 bits per heavy atom. The number of hydroxylamine groups is 1. The molecule has 216 valence electrons. The van der Waals surface area contributed by atoms with Crippen molar-refractivity contribution in [2.24, 2.45) is 5.90 Å². The molecule has 0 bridgehead atoms. The summed E-state index contributed by atoms with van der Waals surface area (Å²) in [6.45, 7) is 4.54. The van der Waals surface area contributed by atoms with Gasteiger partial charge in [0.05, 0.1) is 11.6 Å². The second kappa shape index (κ2) is 14.8. The van der Waals surface area contributed by atoms with Crippen molar-refractivity contribution in [1.29, 1.82) is 0 Å². The largest absolute Gasteiger partial charge is 0.492 e. The Bertz CT molecular complexity index is 1170. The van der Waals surface area contributed by atoms with Crippen LogP contribution < -0.4 is 16.1 Å². The minimum Gasteiger partial charge on any atom is -0.492 e. The summed E-state index contributed by atoms with van der Waals surface area (Å²) in [4.78, 5) is 8.96. The first-order chi connectivity index (χ1) is 19.3. The highest BCUT2D eigenvalue weighted by Gasteiger charge is 2.35. The van der Waals surface area contributed by atoms with Crippen molar-refractivity contribution >= 4 is 11.6 Å². The third-order valence-electron chi connectivity index (χ3n) is 7.17. The van der Waals surface area contributed by atoms with E-state index in [2.05, 4.69) is 44.5 Å². The summed E-state index contributed by atoms with van der Waals surface area (Å²) in [5, 5.41) is 0.704. The molecule has 0 amide bonds. The van der Waals surface area contributed by atoms with E-state index in [-0.39, 0.29) is 18.4 Å². The number of ether oxygens (including phenoxy) is 1. The number of nitrogens with one attached hydrogen (secondary N) is 1. The van der Waals surface area contributed by atoms with E-state index in [4.69, 9.17) is 22.2 Å². The lowest BCUT2D eigenvalue weighted by atomic mass is 9.96. The molecule has 1 saturated heterocycles. The molecule has 6 nitrogen and oxygen atoms in total. The molecule has 4 rings (SSSR count). The number of piperazine rings is 1. The predicted octanol–water partition coefficient (Wildman–Crippen LogP) is 5.86. The first-order valence-corrected chi connectivity index (χ1v) is 13.9. The summed E-state index contributed by atoms with van der Waals surface area (Å²) in [5.41, 5.74) is 4.81. The minimum absolute atomic E-state index is 0.106. The molecule has 3 aromatic rings. The fourth-order valence-corrected chi connectivity index (χ4v) is 5.22. The Hall–Kier alpha value is -2.66. The summed E-state index contributed by atoms with van der Waals surface area (Å²) < 4.78 is 47.0. The molecule has 1 fully saturated rings. The molecular formula is C30H36ClF3N4O2. The standard InChI is InChI=1S/C30H36ClF3N4O2/c31-26-12-10-25(11-13-26)29(24-7-2-1-3-8-24)38-18-16-37(17-19-38)20-21-39-28-14-9-23(6-4-5-15-36-40-35)22-27(28)30(32,33)34/h1-3,7-14,22,29,36H,4-6,15-21,35H2/t29-/m1/s1. The number of unbranched alkanes of at least 4 members (excludes halogenated alkanes) is 1. The van der Waals surface area contributed by atoms with Crippen molar-refractivity contribution < 1.29 is 22.8 Å². The van der Waals surface area contributed by atoms with E-state index in [9.17, 15) is 13.2 Å². The third kappa shape index (κ3) is 8.67. The molecule has 10 heteroatoms. The number of hydrogen-bond acceptors (Lipinski definition) is 6. The van der Waals surface area contributed by atoms with E-state index in [0.29, 0.717) is 36.5 Å². The predicted molar refractivity (Wildman–Crippen MR) is 151 cm³/mol. The summed E-state index contributed by atoms with van der Waals surface area (Å²) in [5.74, 6) is 4.78. The van der Waals surface area contributed by atoms with Gasteiger partial charge in [-0.2, -0.15) is 24.5 Å². The van der Waals surface area contributed by atoms with Crippen LogP contribution in [0.2, 0.25) is 5.02 Å². The number of rotatable bonds is 13. The maximum atomic E-state index is 13.8. The maximum absolute atomic E-state index is 13.8. The molecule has 0 unspecified atom stereocenters. The summed E-state index contributed by atoms with van der Waals surface area (Å²) >= 11 is 6.13. The van der Waals surface area contributed by atoms with Crippen LogP contribution in [0.1, 0.15) is 41.1 Å². The highest BCUT2D eigenvalue weighted by Crippen LogP contribution is 2.37. The van der Waals surface area contributed by atoms with Crippen LogP contribution in [0.4, 0.5) is 13.2 Å². The van der Waals surface area contributed by atoms with Crippen molar-refractivity contribution in [3.8, 4) is 5.75 Å². The van der Waals surface area contributed by atoms with Crippen LogP contribution in [-0.2, 0) is 17.5 Å². The quantitative estimate of drug-likeness (QED) is 0.196. The summed E-state index contributed by atoms with van der Waals surface area (Å²) in [6.07, 6.45) is -2.52. The van der Waals surface area contributed by atoms with Crippen molar-refractivity contribution in [2.75, 3.05) is 45.9 Å². The van der Waals surface area contributed by atoms with Crippen LogP contribution in [0.5, 0.6) is 5.75 Å². The van der Waals surface area contributed by atoms with Crippen LogP contribution in [0, 0.1) is 0 Å². The first kappa shape index (κ1) is 30.3. The third-order valence-corrected chi connectivity index (χ3v) is 7.42. The number of hydrogen-bond donors (Lipinski definition) is 2. The topological polar surface area (TPSA) is 63.0 Å². The zero-order chi connectivity index (χ0) is 28.4. The average Bonchev–Trinajstić information content (AvgIpc) is 2.95. The fraction of sp³-hybridized carbons (Fsp3) is 0.400. The van der Waals surface area contributed by atoms with Gasteiger partial charge >= 0.3 is 6.18 Å². The van der Waals surface area contributed by atoms with Gasteiger partial charge in [-0.15, -0.1) is 0 Å². The Morgan fingerprint density at radius 3 is 2.27 bits per heavy atom. The molecule has 3 aromatic carbocycles. The van der Waals surface area contributed by atoms with Crippen LogP contribution >= 0.6 is 11.6 Å². The van der Waals surface area contributed by atoms with Gasteiger partial charge in [-0.25, -0.2) is 4.94 Å². The summed E-state index contributed by atoms with van der Waals surface area (Å²) in [7, 11) is 0. The van der Waals surface area contributed by atoms with Gasteiger partial charge in [0.2, 0.25) is 0 Å². The van der Waals surface area contributed by atoms with Gasteiger partial charge in [-0.05, 0) is 60.2 Å². The van der Waals surface area contributed by atoms with Gasteiger partial charge in [0.25, 0.3) is 0 Å². The van der Waals surface area contributed by atoms with E-state index in [1.54, 1.807) is 6.07 Å². The van der Waals surface area contributed by atoms with Gasteiger partial charge in [0.15, 0.2) is 0 Å². The number of benzene rings is 3. The van der Waals surface area contributed by atoms with E-state index >= 15 is 0 Å². The number of nitrogens with zero attached hydrogens (tertiary/aromatic N) is 2. The molecule has 1 aliphatic rings. The second-order valence-corrected chi connectivity index (χ2v) is 10.3. The van der Waals surface area contributed by atoms with Gasteiger partial charge in [0.1, 0.15) is 12.4 Å². The molecule has 0 saturated carbocycles. The van der Waals surface area contributed by atoms with E-state index in [1.165, 1.54) is 23.3 Å². The Kier molecular flexibility index (Phi) is 11.2. The molecule has 0 spiro atoms. The van der Waals surface area contributed by atoms with E-state index in [0.717, 1.165) is 32.6 Å². The molecule has 3 N–H and O–H groups in total. The average molecular weight is 577 g/mol. The number of halogens is 4. The van der Waals surface area contributed by atoms with Gasteiger partial charge in [0, 0.05) is 44.3 Å². The van der Waals surface area contributed by atoms with E-state index < -0.39 is 11.7 Å². The molecule has 0 aliphatic carbocycles. The molecule has 40 heavy (non-hydrogen) atoms. The molecule has 1 atom stereocenters. The number of aryl methyl sites for hydroxylation is 1. The van der Waals surface area contributed by atoms with Crippen LogP contribution in [0.25, 0.3) is 0 Å². The zero-order valence-corrected chi connectivity index (χ0v) is 23.1. The molecule has 1 aliphatic heterocycles. The van der Waals surface area contributed by atoms with Crippen LogP contribution in [0.3, 0.4) is 0 Å². The molecule has 1 heterocycles. The lowest BCUT2D eigenvalue weighted by Gasteiger charge is -2.39. The molecule has 0 aromatic heterocycles. The smallest absolute Gasteiger partial charge is 0.419 e. The normalized spacial score (nSPS) is 15.7.